The van der Waals surface area contributed by atoms with Crippen LogP contribution in [-0.4, -0.2) is 48.0 Å². The van der Waals surface area contributed by atoms with Crippen LogP contribution in [0.15, 0.2) is 24.4 Å². The zero-order valence-corrected chi connectivity index (χ0v) is 14.8. The average molecular weight is 353 g/mol. The largest absolute Gasteiger partial charge is 0.393 e. The van der Waals surface area contributed by atoms with Gasteiger partial charge in [0, 0.05) is 37.4 Å². The number of aliphatic hydroxyl groups is 1. The van der Waals surface area contributed by atoms with Gasteiger partial charge < -0.3 is 5.11 Å². The van der Waals surface area contributed by atoms with Gasteiger partial charge >= 0.3 is 0 Å². The molecule has 0 amide bonds. The molecule has 1 aromatic heterocycles. The first-order valence-electron chi connectivity index (χ1n) is 8.90. The van der Waals surface area contributed by atoms with Crippen molar-refractivity contribution in [1.82, 2.24) is 14.0 Å². The highest BCUT2D eigenvalue weighted by Gasteiger charge is 2.37. The minimum Gasteiger partial charge on any atom is -0.393 e. The maximum Gasteiger partial charge on any atom is 0.279 e. The highest BCUT2D eigenvalue weighted by atomic mass is 32.2. The Morgan fingerprint density at radius 2 is 1.92 bits per heavy atom. The summed E-state index contributed by atoms with van der Waals surface area (Å²) in [6.45, 7) is 1.19. The fourth-order valence-corrected chi connectivity index (χ4v) is 5.10. The molecular formula is C17H27N3O3S. The highest BCUT2D eigenvalue weighted by molar-refractivity contribution is 7.87. The molecule has 2 N–H and O–H groups in total. The highest BCUT2D eigenvalue weighted by Crippen LogP contribution is 2.32. The summed E-state index contributed by atoms with van der Waals surface area (Å²) in [6.07, 6.45) is 7.33. The van der Waals surface area contributed by atoms with Crippen LogP contribution in [0, 0.1) is 5.92 Å². The van der Waals surface area contributed by atoms with Crippen molar-refractivity contribution >= 4 is 10.2 Å². The molecule has 24 heavy (non-hydrogen) atoms. The number of nitrogens with one attached hydrogen (secondary N) is 1. The fourth-order valence-electron chi connectivity index (χ4n) is 3.56. The number of aromatic nitrogens is 1. The molecule has 7 heteroatoms. The van der Waals surface area contributed by atoms with E-state index in [0.717, 1.165) is 31.4 Å². The summed E-state index contributed by atoms with van der Waals surface area (Å²) in [5.74, 6) is 0.170. The smallest absolute Gasteiger partial charge is 0.279 e. The number of hydrogen-bond acceptors (Lipinski definition) is 4. The first-order chi connectivity index (χ1) is 11.5. The molecule has 6 nitrogen and oxygen atoms in total. The van der Waals surface area contributed by atoms with Crippen LogP contribution in [0.25, 0.3) is 0 Å². The molecule has 1 aliphatic carbocycles. The second-order valence-electron chi connectivity index (χ2n) is 6.95. The predicted molar refractivity (Wildman–Crippen MR) is 92.6 cm³/mol. The second kappa shape index (κ2) is 7.91. The quantitative estimate of drug-likeness (QED) is 0.811. The van der Waals surface area contributed by atoms with E-state index in [1.807, 2.05) is 18.2 Å². The van der Waals surface area contributed by atoms with Crippen molar-refractivity contribution < 1.29 is 13.5 Å². The second-order valence-corrected chi connectivity index (χ2v) is 8.66. The topological polar surface area (TPSA) is 82.5 Å². The average Bonchev–Trinajstić information content (AvgIpc) is 2.82. The van der Waals surface area contributed by atoms with Crippen molar-refractivity contribution in [1.29, 1.82) is 0 Å². The van der Waals surface area contributed by atoms with E-state index in [1.54, 1.807) is 10.5 Å². The van der Waals surface area contributed by atoms with Gasteiger partial charge in [0.2, 0.25) is 0 Å². The Balaban J connectivity index is 1.70. The van der Waals surface area contributed by atoms with Gasteiger partial charge in [-0.1, -0.05) is 18.9 Å². The third kappa shape index (κ3) is 4.53. The van der Waals surface area contributed by atoms with Gasteiger partial charge in [-0.05, 0) is 43.7 Å². The molecule has 3 rings (SSSR count). The van der Waals surface area contributed by atoms with Gasteiger partial charge in [0.1, 0.15) is 0 Å². The van der Waals surface area contributed by atoms with E-state index in [-0.39, 0.29) is 18.1 Å². The molecule has 1 saturated carbocycles. The first kappa shape index (κ1) is 17.8. The van der Waals surface area contributed by atoms with Crippen molar-refractivity contribution in [2.24, 2.45) is 5.92 Å². The molecule has 0 spiro atoms. The number of aliphatic hydroxyl groups excluding tert-OH is 1. The molecule has 0 unspecified atom stereocenters. The molecule has 134 valence electrons. The Kier molecular flexibility index (Phi) is 5.86. The van der Waals surface area contributed by atoms with Gasteiger partial charge in [0.05, 0.1) is 6.10 Å². The van der Waals surface area contributed by atoms with E-state index in [0.29, 0.717) is 32.4 Å². The van der Waals surface area contributed by atoms with Crippen LogP contribution in [-0.2, 0) is 16.6 Å². The summed E-state index contributed by atoms with van der Waals surface area (Å²) < 4.78 is 30.1. The van der Waals surface area contributed by atoms with E-state index in [2.05, 4.69) is 9.71 Å². The van der Waals surface area contributed by atoms with Crippen molar-refractivity contribution in [3.63, 3.8) is 0 Å². The van der Waals surface area contributed by atoms with Crippen molar-refractivity contribution in [3.05, 3.63) is 30.1 Å². The number of nitrogens with zero attached hydrogens (tertiary/aromatic N) is 2. The van der Waals surface area contributed by atoms with E-state index in [9.17, 15) is 13.5 Å². The minimum atomic E-state index is -3.49. The zero-order valence-electron chi connectivity index (χ0n) is 14.0. The van der Waals surface area contributed by atoms with E-state index >= 15 is 0 Å². The summed E-state index contributed by atoms with van der Waals surface area (Å²) >= 11 is 0. The molecule has 1 aliphatic heterocycles. The minimum absolute atomic E-state index is 0.170. The van der Waals surface area contributed by atoms with Gasteiger partial charge in [-0.3, -0.25) is 4.98 Å². The maximum atomic E-state index is 12.8. The van der Waals surface area contributed by atoms with Crippen LogP contribution in [0.4, 0.5) is 0 Å². The monoisotopic (exact) mass is 353 g/mol. The first-order valence-corrected chi connectivity index (χ1v) is 10.3. The lowest BCUT2D eigenvalue weighted by molar-refractivity contribution is 0.0279. The van der Waals surface area contributed by atoms with Crippen molar-refractivity contribution in [2.75, 3.05) is 13.1 Å². The van der Waals surface area contributed by atoms with Crippen molar-refractivity contribution in [3.8, 4) is 0 Å². The van der Waals surface area contributed by atoms with Crippen molar-refractivity contribution in [2.45, 2.75) is 57.1 Å². The van der Waals surface area contributed by atoms with Crippen LogP contribution in [0.2, 0.25) is 0 Å². The Labute approximate surface area is 144 Å². The molecule has 2 heterocycles. The molecule has 1 saturated heterocycles. The Hall–Kier alpha value is -1.02. The molecule has 1 aromatic rings. The summed E-state index contributed by atoms with van der Waals surface area (Å²) in [5, 5.41) is 9.61. The number of pyridine rings is 1. The predicted octanol–water partition coefficient (Wildman–Crippen LogP) is 1.47. The molecule has 0 radical (unpaired) electrons. The molecule has 2 aliphatic rings. The van der Waals surface area contributed by atoms with Crippen LogP contribution in [0.1, 0.15) is 44.2 Å². The lowest BCUT2D eigenvalue weighted by Crippen LogP contribution is -2.52. The lowest BCUT2D eigenvalue weighted by Gasteiger charge is -2.38. The van der Waals surface area contributed by atoms with Gasteiger partial charge in [-0.25, -0.2) is 0 Å². The van der Waals surface area contributed by atoms with Crippen LogP contribution in [0.5, 0.6) is 0 Å². The number of hydrogen-bond donors (Lipinski definition) is 2. The SMILES string of the molecule is O=S(=O)(N[C@@H](Cc1ccccn1)C1CC(O)C1)N1CCCCCC1. The molecule has 0 bridgehead atoms. The summed E-state index contributed by atoms with van der Waals surface area (Å²) in [7, 11) is -3.49. The van der Waals surface area contributed by atoms with Gasteiger partial charge in [-0.2, -0.15) is 17.4 Å². The third-order valence-corrected chi connectivity index (χ3v) is 6.72. The maximum absolute atomic E-state index is 12.8. The summed E-state index contributed by atoms with van der Waals surface area (Å²) in [6, 6.07) is 5.48. The Morgan fingerprint density at radius 3 is 2.50 bits per heavy atom. The van der Waals surface area contributed by atoms with Gasteiger partial charge in [0.15, 0.2) is 0 Å². The van der Waals surface area contributed by atoms with E-state index < -0.39 is 10.2 Å². The molecule has 1 atom stereocenters. The zero-order chi connectivity index (χ0) is 17.0. The summed E-state index contributed by atoms with van der Waals surface area (Å²) in [5.41, 5.74) is 0.877. The molecule has 2 fully saturated rings. The van der Waals surface area contributed by atoms with Crippen LogP contribution in [0.3, 0.4) is 0 Å². The van der Waals surface area contributed by atoms with E-state index in [1.165, 1.54) is 0 Å². The third-order valence-electron chi connectivity index (χ3n) is 5.08. The van der Waals surface area contributed by atoms with Gasteiger partial charge in [0.25, 0.3) is 10.2 Å². The molecule has 0 aromatic carbocycles. The van der Waals surface area contributed by atoms with Gasteiger partial charge in [-0.15, -0.1) is 0 Å². The van der Waals surface area contributed by atoms with Crippen LogP contribution >= 0.6 is 0 Å². The number of rotatable bonds is 6. The lowest BCUT2D eigenvalue weighted by atomic mass is 9.76. The van der Waals surface area contributed by atoms with Crippen LogP contribution < -0.4 is 4.72 Å². The Bertz CT molecular complexity index is 609. The molecular weight excluding hydrogens is 326 g/mol. The van der Waals surface area contributed by atoms with E-state index in [4.69, 9.17) is 0 Å². The normalized spacial score (nSPS) is 27.2. The standard InChI is InChI=1S/C17H27N3O3S/c21-16-11-14(12-16)17(13-15-7-3-4-8-18-15)19-24(22,23)20-9-5-1-2-6-10-20/h3-4,7-8,14,16-17,19,21H,1-2,5-6,9-13H2/t14?,16?,17-/m0/s1. The summed E-state index contributed by atoms with van der Waals surface area (Å²) in [4.78, 5) is 4.32. The Morgan fingerprint density at radius 1 is 1.21 bits per heavy atom. The fraction of sp³-hybridized carbons (Fsp3) is 0.706.